The SMILES string of the molecule is CN(C(=O)c1ccc2nonc2c1)[C@@H]1CCC[C@@H](O)C1. The molecule has 1 amide bonds. The summed E-state index contributed by atoms with van der Waals surface area (Å²) in [7, 11) is 1.79. The highest BCUT2D eigenvalue weighted by molar-refractivity contribution is 5.97. The fourth-order valence-electron chi connectivity index (χ4n) is 2.78. The average Bonchev–Trinajstić information content (AvgIpc) is 2.93. The van der Waals surface area contributed by atoms with Crippen molar-refractivity contribution in [3.05, 3.63) is 23.8 Å². The molecule has 6 nitrogen and oxygen atoms in total. The van der Waals surface area contributed by atoms with Crippen molar-refractivity contribution in [2.45, 2.75) is 37.8 Å². The molecule has 3 rings (SSSR count). The van der Waals surface area contributed by atoms with Crippen molar-refractivity contribution < 1.29 is 14.5 Å². The van der Waals surface area contributed by atoms with Crippen LogP contribution in [0.4, 0.5) is 0 Å². The molecule has 1 aromatic heterocycles. The molecule has 0 unspecified atom stereocenters. The van der Waals surface area contributed by atoms with Crippen LogP contribution >= 0.6 is 0 Å². The number of aliphatic hydroxyl groups excluding tert-OH is 1. The molecule has 1 heterocycles. The summed E-state index contributed by atoms with van der Waals surface area (Å²) in [5.74, 6) is -0.0611. The summed E-state index contributed by atoms with van der Waals surface area (Å²) >= 11 is 0. The minimum atomic E-state index is -0.300. The number of aromatic nitrogens is 2. The maximum atomic E-state index is 12.5. The molecule has 2 aromatic rings. The third kappa shape index (κ3) is 2.38. The van der Waals surface area contributed by atoms with Crippen molar-refractivity contribution in [2.75, 3.05) is 7.05 Å². The molecular formula is C14H17N3O3. The van der Waals surface area contributed by atoms with Crippen LogP contribution in [0.1, 0.15) is 36.0 Å². The van der Waals surface area contributed by atoms with E-state index in [4.69, 9.17) is 0 Å². The van der Waals surface area contributed by atoms with Crippen LogP contribution in [-0.2, 0) is 0 Å². The number of rotatable bonds is 2. The van der Waals surface area contributed by atoms with Gasteiger partial charge in [0.2, 0.25) is 0 Å². The number of nitrogens with zero attached hydrogens (tertiary/aromatic N) is 3. The Bertz CT molecular complexity index is 625. The van der Waals surface area contributed by atoms with E-state index in [0.29, 0.717) is 23.0 Å². The fourth-order valence-corrected chi connectivity index (χ4v) is 2.78. The van der Waals surface area contributed by atoms with Gasteiger partial charge in [0.05, 0.1) is 6.10 Å². The van der Waals surface area contributed by atoms with Gasteiger partial charge in [0.25, 0.3) is 5.91 Å². The molecule has 0 bridgehead atoms. The van der Waals surface area contributed by atoms with Gasteiger partial charge in [0, 0.05) is 18.7 Å². The zero-order chi connectivity index (χ0) is 14.1. The number of hydrogen-bond acceptors (Lipinski definition) is 5. The van der Waals surface area contributed by atoms with Gasteiger partial charge in [-0.25, -0.2) is 4.63 Å². The number of fused-ring (bicyclic) bond motifs is 1. The molecule has 1 aliphatic rings. The van der Waals surface area contributed by atoms with Crippen molar-refractivity contribution in [2.24, 2.45) is 0 Å². The van der Waals surface area contributed by atoms with Gasteiger partial charge in [-0.3, -0.25) is 4.79 Å². The lowest BCUT2D eigenvalue weighted by atomic mass is 9.92. The van der Waals surface area contributed by atoms with Gasteiger partial charge in [0.15, 0.2) is 0 Å². The van der Waals surface area contributed by atoms with Gasteiger partial charge < -0.3 is 10.0 Å². The molecule has 0 spiro atoms. The summed E-state index contributed by atoms with van der Waals surface area (Å²) in [6, 6.07) is 5.23. The molecule has 2 atom stereocenters. The van der Waals surface area contributed by atoms with Crippen molar-refractivity contribution in [3.63, 3.8) is 0 Å². The third-order valence-electron chi connectivity index (χ3n) is 3.99. The summed E-state index contributed by atoms with van der Waals surface area (Å²) in [6.45, 7) is 0. The highest BCUT2D eigenvalue weighted by Gasteiger charge is 2.27. The normalized spacial score (nSPS) is 22.9. The van der Waals surface area contributed by atoms with E-state index in [2.05, 4.69) is 14.9 Å². The Morgan fingerprint density at radius 1 is 1.35 bits per heavy atom. The van der Waals surface area contributed by atoms with E-state index < -0.39 is 0 Å². The Hall–Kier alpha value is -1.95. The second-order valence-electron chi connectivity index (χ2n) is 5.36. The lowest BCUT2D eigenvalue weighted by Gasteiger charge is -2.33. The Kier molecular flexibility index (Phi) is 3.40. The Balaban J connectivity index is 1.79. The molecule has 20 heavy (non-hydrogen) atoms. The van der Waals surface area contributed by atoms with Gasteiger partial charge in [-0.1, -0.05) is 0 Å². The van der Waals surface area contributed by atoms with Crippen LogP contribution in [0.2, 0.25) is 0 Å². The van der Waals surface area contributed by atoms with Crippen molar-refractivity contribution in [1.82, 2.24) is 15.2 Å². The van der Waals surface area contributed by atoms with Crippen molar-refractivity contribution >= 4 is 16.9 Å². The molecule has 106 valence electrons. The van der Waals surface area contributed by atoms with E-state index in [-0.39, 0.29) is 18.1 Å². The van der Waals surface area contributed by atoms with E-state index in [0.717, 1.165) is 19.3 Å². The third-order valence-corrected chi connectivity index (χ3v) is 3.99. The zero-order valence-corrected chi connectivity index (χ0v) is 11.3. The monoisotopic (exact) mass is 275 g/mol. The summed E-state index contributed by atoms with van der Waals surface area (Å²) in [4.78, 5) is 14.2. The Morgan fingerprint density at radius 2 is 2.15 bits per heavy atom. The summed E-state index contributed by atoms with van der Waals surface area (Å²) in [5.41, 5.74) is 1.78. The molecule has 0 radical (unpaired) electrons. The lowest BCUT2D eigenvalue weighted by molar-refractivity contribution is 0.0522. The van der Waals surface area contributed by atoms with Gasteiger partial charge in [-0.2, -0.15) is 0 Å². The predicted octanol–water partition coefficient (Wildman–Crippen LogP) is 1.60. The quantitative estimate of drug-likeness (QED) is 0.900. The van der Waals surface area contributed by atoms with Crippen LogP contribution in [0.15, 0.2) is 22.8 Å². The van der Waals surface area contributed by atoms with Crippen molar-refractivity contribution in [1.29, 1.82) is 0 Å². The predicted molar refractivity (Wildman–Crippen MR) is 72.2 cm³/mol. The molecule has 1 fully saturated rings. The topological polar surface area (TPSA) is 79.5 Å². The molecule has 1 saturated carbocycles. The number of carbonyl (C=O) groups excluding carboxylic acids is 1. The fraction of sp³-hybridized carbons (Fsp3) is 0.500. The first-order valence-electron chi connectivity index (χ1n) is 6.82. The van der Waals surface area contributed by atoms with E-state index in [9.17, 15) is 9.90 Å². The summed E-state index contributed by atoms with van der Waals surface area (Å²) in [5, 5.41) is 17.2. The smallest absolute Gasteiger partial charge is 0.253 e. The number of amides is 1. The van der Waals surface area contributed by atoms with E-state index in [1.165, 1.54) is 0 Å². The van der Waals surface area contributed by atoms with Crippen LogP contribution in [0, 0.1) is 0 Å². The van der Waals surface area contributed by atoms with E-state index in [1.54, 1.807) is 30.1 Å². The van der Waals surface area contributed by atoms with Crippen LogP contribution in [0.5, 0.6) is 0 Å². The molecule has 6 heteroatoms. The first kappa shape index (κ1) is 13.1. The second kappa shape index (κ2) is 5.20. The Labute approximate surface area is 116 Å². The highest BCUT2D eigenvalue weighted by Crippen LogP contribution is 2.24. The molecule has 0 aliphatic heterocycles. The first-order valence-corrected chi connectivity index (χ1v) is 6.82. The largest absolute Gasteiger partial charge is 0.393 e. The van der Waals surface area contributed by atoms with Gasteiger partial charge in [-0.05, 0) is 54.2 Å². The minimum Gasteiger partial charge on any atom is -0.393 e. The molecular weight excluding hydrogens is 258 g/mol. The molecule has 1 aromatic carbocycles. The van der Waals surface area contributed by atoms with Gasteiger partial charge in [-0.15, -0.1) is 0 Å². The highest BCUT2D eigenvalue weighted by atomic mass is 16.6. The Morgan fingerprint density at radius 3 is 2.95 bits per heavy atom. The van der Waals surface area contributed by atoms with Crippen LogP contribution in [0.3, 0.4) is 0 Å². The molecule has 1 aliphatic carbocycles. The zero-order valence-electron chi connectivity index (χ0n) is 11.3. The minimum absolute atomic E-state index is 0.0611. The lowest BCUT2D eigenvalue weighted by Crippen LogP contribution is -2.41. The second-order valence-corrected chi connectivity index (χ2v) is 5.36. The average molecular weight is 275 g/mol. The number of aliphatic hydroxyl groups is 1. The maximum Gasteiger partial charge on any atom is 0.253 e. The molecule has 0 saturated heterocycles. The number of hydrogen-bond donors (Lipinski definition) is 1. The number of carbonyl (C=O) groups is 1. The maximum absolute atomic E-state index is 12.5. The van der Waals surface area contributed by atoms with Crippen molar-refractivity contribution in [3.8, 4) is 0 Å². The summed E-state index contributed by atoms with van der Waals surface area (Å²) < 4.78 is 4.63. The number of benzene rings is 1. The van der Waals surface area contributed by atoms with Crippen LogP contribution in [-0.4, -0.2) is 45.4 Å². The van der Waals surface area contributed by atoms with Gasteiger partial charge in [0.1, 0.15) is 11.0 Å². The van der Waals surface area contributed by atoms with Crippen LogP contribution < -0.4 is 0 Å². The summed E-state index contributed by atoms with van der Waals surface area (Å²) in [6.07, 6.45) is 3.07. The van der Waals surface area contributed by atoms with Crippen LogP contribution in [0.25, 0.3) is 11.0 Å². The van der Waals surface area contributed by atoms with Gasteiger partial charge >= 0.3 is 0 Å². The molecule has 1 N–H and O–H groups in total. The standard InChI is InChI=1S/C14H17N3O3/c1-17(10-3-2-4-11(18)8-10)14(19)9-5-6-12-13(7-9)16-20-15-12/h5-7,10-11,18H,2-4,8H2,1H3/t10-,11-/m1/s1. The van der Waals surface area contributed by atoms with E-state index in [1.807, 2.05) is 0 Å². The first-order chi connectivity index (χ1) is 9.65. The van der Waals surface area contributed by atoms with E-state index >= 15 is 0 Å².